The van der Waals surface area contributed by atoms with Crippen molar-refractivity contribution in [2.75, 3.05) is 19.4 Å². The molecule has 1 aliphatic rings. The highest BCUT2D eigenvalue weighted by Crippen LogP contribution is 2.36. The summed E-state index contributed by atoms with van der Waals surface area (Å²) in [5, 5.41) is 2.95. The van der Waals surface area contributed by atoms with E-state index in [-0.39, 0.29) is 11.8 Å². The zero-order valence-corrected chi connectivity index (χ0v) is 16.3. The molecule has 0 saturated carbocycles. The van der Waals surface area contributed by atoms with Crippen LogP contribution >= 0.6 is 0 Å². The Hall–Kier alpha value is -3.73. The third-order valence-electron chi connectivity index (χ3n) is 4.88. The number of amides is 2. The predicted molar refractivity (Wildman–Crippen MR) is 115 cm³/mol. The minimum Gasteiger partial charge on any atom is -0.345 e. The monoisotopic (exact) mass is 383 g/mol. The summed E-state index contributed by atoms with van der Waals surface area (Å²) in [6, 6.07) is 24.5. The fourth-order valence-electron chi connectivity index (χ4n) is 3.49. The predicted octanol–water partition coefficient (Wildman–Crippen LogP) is 4.25. The first kappa shape index (κ1) is 18.6. The molecule has 0 fully saturated rings. The average Bonchev–Trinajstić information content (AvgIpc) is 3.08. The summed E-state index contributed by atoms with van der Waals surface area (Å²) in [5.74, 6) is -0.705. The van der Waals surface area contributed by atoms with Crippen LogP contribution in [-0.4, -0.2) is 36.5 Å². The molecule has 0 spiro atoms. The minimum atomic E-state index is -0.512. The van der Waals surface area contributed by atoms with Gasteiger partial charge in [0, 0.05) is 25.3 Å². The number of hydrogen-bond acceptors (Lipinski definition) is 3. The summed E-state index contributed by atoms with van der Waals surface area (Å²) in [6.07, 6.45) is 0. The second-order valence-electron chi connectivity index (χ2n) is 7.12. The number of fused-ring (bicyclic) bond motifs is 1. The van der Waals surface area contributed by atoms with E-state index in [1.54, 1.807) is 32.3 Å². The Morgan fingerprint density at radius 3 is 2.34 bits per heavy atom. The van der Waals surface area contributed by atoms with Crippen molar-refractivity contribution in [3.63, 3.8) is 0 Å². The van der Waals surface area contributed by atoms with E-state index in [0.29, 0.717) is 17.0 Å². The van der Waals surface area contributed by atoms with Crippen LogP contribution in [0, 0.1) is 0 Å². The molecule has 1 N–H and O–H groups in total. The van der Waals surface area contributed by atoms with Crippen LogP contribution in [0.3, 0.4) is 0 Å². The van der Waals surface area contributed by atoms with Crippen molar-refractivity contribution in [3.05, 3.63) is 95.6 Å². The Labute approximate surface area is 169 Å². The van der Waals surface area contributed by atoms with Gasteiger partial charge in [0.25, 0.3) is 5.91 Å². The number of carbonyl (C=O) groups excluding carboxylic acids is 2. The molecule has 2 amide bonds. The Morgan fingerprint density at radius 1 is 0.897 bits per heavy atom. The lowest BCUT2D eigenvalue weighted by Crippen LogP contribution is -2.22. The van der Waals surface area contributed by atoms with Crippen molar-refractivity contribution in [2.24, 2.45) is 4.99 Å². The molecule has 0 radical (unpaired) electrons. The zero-order chi connectivity index (χ0) is 20.4. The van der Waals surface area contributed by atoms with Gasteiger partial charge in [-0.15, -0.1) is 0 Å². The fourth-order valence-corrected chi connectivity index (χ4v) is 3.49. The number of carbonyl (C=O) groups is 2. The van der Waals surface area contributed by atoms with E-state index in [2.05, 4.69) is 5.32 Å². The smallest absolute Gasteiger partial charge is 0.253 e. The van der Waals surface area contributed by atoms with E-state index in [4.69, 9.17) is 4.99 Å². The lowest BCUT2D eigenvalue weighted by atomic mass is 9.90. The molecular weight excluding hydrogens is 362 g/mol. The Morgan fingerprint density at radius 2 is 1.59 bits per heavy atom. The molecule has 29 heavy (non-hydrogen) atoms. The summed E-state index contributed by atoms with van der Waals surface area (Å²) in [5.41, 5.74) is 4.42. The molecule has 1 aliphatic heterocycles. The number of para-hydroxylation sites is 1. The van der Waals surface area contributed by atoms with Gasteiger partial charge in [-0.2, -0.15) is 0 Å². The highest BCUT2D eigenvalue weighted by molar-refractivity contribution is 6.24. The zero-order valence-electron chi connectivity index (χ0n) is 16.3. The van der Waals surface area contributed by atoms with Gasteiger partial charge in [-0.05, 0) is 35.4 Å². The lowest BCUT2D eigenvalue weighted by Gasteiger charge is -2.14. The van der Waals surface area contributed by atoms with Gasteiger partial charge in [-0.3, -0.25) is 14.6 Å². The van der Waals surface area contributed by atoms with Gasteiger partial charge in [-0.25, -0.2) is 0 Å². The molecule has 5 nitrogen and oxygen atoms in total. The normalized spacial score (nSPS) is 15.6. The number of nitrogens with one attached hydrogen (secondary N) is 1. The largest absolute Gasteiger partial charge is 0.345 e. The second-order valence-corrected chi connectivity index (χ2v) is 7.12. The highest BCUT2D eigenvalue weighted by Gasteiger charge is 2.35. The topological polar surface area (TPSA) is 61.8 Å². The van der Waals surface area contributed by atoms with Crippen molar-refractivity contribution in [1.82, 2.24) is 4.90 Å². The summed E-state index contributed by atoms with van der Waals surface area (Å²) < 4.78 is 0. The van der Waals surface area contributed by atoms with E-state index in [1.165, 1.54) is 4.90 Å². The summed E-state index contributed by atoms with van der Waals surface area (Å²) >= 11 is 0. The Balaban J connectivity index is 1.84. The Kier molecular flexibility index (Phi) is 4.96. The molecule has 1 heterocycles. The maximum Gasteiger partial charge on any atom is 0.253 e. The molecule has 0 bridgehead atoms. The van der Waals surface area contributed by atoms with Crippen LogP contribution in [0.4, 0.5) is 11.4 Å². The molecule has 144 valence electrons. The van der Waals surface area contributed by atoms with Crippen molar-refractivity contribution in [3.8, 4) is 0 Å². The number of rotatable bonds is 4. The third-order valence-corrected chi connectivity index (χ3v) is 4.88. The van der Waals surface area contributed by atoms with Gasteiger partial charge in [0.1, 0.15) is 5.92 Å². The maximum atomic E-state index is 12.8. The first-order valence-electron chi connectivity index (χ1n) is 9.40. The Bertz CT molecular complexity index is 1100. The van der Waals surface area contributed by atoms with E-state index in [9.17, 15) is 9.59 Å². The van der Waals surface area contributed by atoms with Crippen molar-refractivity contribution < 1.29 is 9.59 Å². The van der Waals surface area contributed by atoms with Gasteiger partial charge < -0.3 is 10.2 Å². The van der Waals surface area contributed by atoms with Crippen LogP contribution in [0.2, 0.25) is 0 Å². The van der Waals surface area contributed by atoms with Gasteiger partial charge in [0.2, 0.25) is 5.91 Å². The van der Waals surface area contributed by atoms with Crippen molar-refractivity contribution >= 4 is 28.9 Å². The van der Waals surface area contributed by atoms with Gasteiger partial charge in [0.05, 0.1) is 11.4 Å². The number of benzene rings is 3. The molecule has 0 saturated heterocycles. The molecule has 3 aromatic carbocycles. The van der Waals surface area contributed by atoms with Crippen LogP contribution in [0.15, 0.2) is 83.9 Å². The van der Waals surface area contributed by atoms with Crippen LogP contribution in [0.1, 0.15) is 27.4 Å². The standard InChI is InChI=1S/C24H21N3O2/c1-27(2)24(29)17-11-8-12-18(15-17)25-22(16-9-4-3-5-10-16)21-19-13-6-7-14-20(19)26-23(21)28/h3-15,21H,1-2H3,(H,26,28). The maximum absolute atomic E-state index is 12.8. The number of anilines is 1. The first-order chi connectivity index (χ1) is 14.0. The summed E-state index contributed by atoms with van der Waals surface area (Å²) in [4.78, 5) is 31.6. The molecule has 5 heteroatoms. The number of nitrogens with zero attached hydrogens (tertiary/aromatic N) is 2. The summed E-state index contributed by atoms with van der Waals surface area (Å²) in [7, 11) is 3.43. The van der Waals surface area contributed by atoms with Crippen LogP contribution < -0.4 is 5.32 Å². The van der Waals surface area contributed by atoms with E-state index in [1.807, 2.05) is 60.7 Å². The SMILES string of the molecule is CN(C)C(=O)c1cccc(N=C(c2ccccc2)C2C(=O)Nc3ccccc32)c1. The minimum absolute atomic E-state index is 0.0905. The highest BCUT2D eigenvalue weighted by atomic mass is 16.2. The van der Waals surface area contributed by atoms with E-state index >= 15 is 0 Å². The molecule has 0 aliphatic carbocycles. The number of hydrogen-bond donors (Lipinski definition) is 1. The molecular formula is C24H21N3O2. The van der Waals surface area contributed by atoms with E-state index < -0.39 is 5.92 Å². The van der Waals surface area contributed by atoms with Gasteiger partial charge in [-0.1, -0.05) is 54.6 Å². The van der Waals surface area contributed by atoms with Gasteiger partial charge >= 0.3 is 0 Å². The lowest BCUT2D eigenvalue weighted by molar-refractivity contribution is -0.115. The third kappa shape index (κ3) is 3.67. The number of aliphatic imine (C=N–C) groups is 1. The van der Waals surface area contributed by atoms with Crippen LogP contribution in [-0.2, 0) is 4.79 Å². The second kappa shape index (κ2) is 7.72. The van der Waals surface area contributed by atoms with Gasteiger partial charge in [0.15, 0.2) is 0 Å². The molecule has 1 unspecified atom stereocenters. The van der Waals surface area contributed by atoms with Crippen LogP contribution in [0.5, 0.6) is 0 Å². The molecule has 0 aromatic heterocycles. The van der Waals surface area contributed by atoms with Crippen molar-refractivity contribution in [2.45, 2.75) is 5.92 Å². The van der Waals surface area contributed by atoms with Crippen molar-refractivity contribution in [1.29, 1.82) is 0 Å². The fraction of sp³-hybridized carbons (Fsp3) is 0.125. The molecule has 3 aromatic rings. The summed E-state index contributed by atoms with van der Waals surface area (Å²) in [6.45, 7) is 0. The van der Waals surface area contributed by atoms with E-state index in [0.717, 1.165) is 16.8 Å². The van der Waals surface area contributed by atoms with Crippen LogP contribution in [0.25, 0.3) is 0 Å². The average molecular weight is 383 g/mol. The molecule has 4 rings (SSSR count). The first-order valence-corrected chi connectivity index (χ1v) is 9.40. The molecule has 1 atom stereocenters. The quantitative estimate of drug-likeness (QED) is 0.685.